The van der Waals surface area contributed by atoms with Gasteiger partial charge in [-0.3, -0.25) is 0 Å². The van der Waals surface area contributed by atoms with E-state index < -0.39 is 0 Å². The molecular formula is C19H15NO. The standard InChI is InChI=1S/C19H15NO/c1-3-4-7-13-12(2)20-15-10-11-17-19(18(13)15)14-8-5-6-9-16(14)21-17/h3-11,20H,1H2,2H3/b7-4-. The maximum Gasteiger partial charge on any atom is 0.136 e. The first-order chi connectivity index (χ1) is 10.3. The van der Waals surface area contributed by atoms with Crippen LogP contribution in [0.15, 0.2) is 59.5 Å². The van der Waals surface area contributed by atoms with Gasteiger partial charge in [0.15, 0.2) is 0 Å². The Morgan fingerprint density at radius 2 is 1.90 bits per heavy atom. The number of aryl methyl sites for hydroxylation is 1. The van der Waals surface area contributed by atoms with Gasteiger partial charge in [-0.15, -0.1) is 0 Å². The van der Waals surface area contributed by atoms with Crippen LogP contribution in [0.25, 0.3) is 38.9 Å². The van der Waals surface area contributed by atoms with Crippen molar-refractivity contribution in [3.05, 3.63) is 66.4 Å². The molecule has 0 bridgehead atoms. The summed E-state index contributed by atoms with van der Waals surface area (Å²) in [5, 5.41) is 3.55. The molecule has 0 spiro atoms. The van der Waals surface area contributed by atoms with E-state index in [1.54, 1.807) is 6.08 Å². The molecule has 1 N–H and O–H groups in total. The third-order valence-corrected chi connectivity index (χ3v) is 3.94. The Bertz CT molecular complexity index is 1010. The van der Waals surface area contributed by atoms with Crippen molar-refractivity contribution in [2.45, 2.75) is 6.92 Å². The molecule has 0 saturated carbocycles. The number of aromatic nitrogens is 1. The summed E-state index contributed by atoms with van der Waals surface area (Å²) in [5.41, 5.74) is 5.34. The van der Waals surface area contributed by atoms with Crippen molar-refractivity contribution in [2.24, 2.45) is 0 Å². The van der Waals surface area contributed by atoms with Crippen molar-refractivity contribution >= 4 is 38.9 Å². The number of nitrogens with one attached hydrogen (secondary N) is 1. The number of hydrogen-bond acceptors (Lipinski definition) is 1. The topological polar surface area (TPSA) is 28.9 Å². The molecule has 2 nitrogen and oxygen atoms in total. The molecule has 4 aromatic rings. The molecule has 102 valence electrons. The van der Waals surface area contributed by atoms with Crippen LogP contribution in [0.1, 0.15) is 11.3 Å². The van der Waals surface area contributed by atoms with Crippen LogP contribution in [0.2, 0.25) is 0 Å². The van der Waals surface area contributed by atoms with Crippen LogP contribution in [-0.2, 0) is 0 Å². The minimum atomic E-state index is 0.927. The lowest BCUT2D eigenvalue weighted by Crippen LogP contribution is -1.75. The number of rotatable bonds is 2. The van der Waals surface area contributed by atoms with Crippen molar-refractivity contribution in [1.29, 1.82) is 0 Å². The second kappa shape index (κ2) is 4.38. The van der Waals surface area contributed by atoms with E-state index in [-0.39, 0.29) is 0 Å². The second-order valence-corrected chi connectivity index (χ2v) is 5.22. The Balaban J connectivity index is 2.26. The van der Waals surface area contributed by atoms with E-state index in [2.05, 4.69) is 42.8 Å². The van der Waals surface area contributed by atoms with Gasteiger partial charge in [-0.2, -0.15) is 0 Å². The van der Waals surface area contributed by atoms with Crippen LogP contribution in [-0.4, -0.2) is 4.98 Å². The Morgan fingerprint density at radius 3 is 2.76 bits per heavy atom. The molecule has 4 rings (SSSR count). The van der Waals surface area contributed by atoms with Gasteiger partial charge < -0.3 is 9.40 Å². The van der Waals surface area contributed by atoms with E-state index in [1.807, 2.05) is 24.3 Å². The van der Waals surface area contributed by atoms with Crippen LogP contribution < -0.4 is 0 Å². The molecule has 0 amide bonds. The van der Waals surface area contributed by atoms with Crippen molar-refractivity contribution < 1.29 is 4.42 Å². The summed E-state index contributed by atoms with van der Waals surface area (Å²) in [6.45, 7) is 5.85. The summed E-state index contributed by atoms with van der Waals surface area (Å²) >= 11 is 0. The van der Waals surface area contributed by atoms with Crippen LogP contribution in [0.5, 0.6) is 0 Å². The average Bonchev–Trinajstić information content (AvgIpc) is 3.01. The minimum absolute atomic E-state index is 0.927. The maximum atomic E-state index is 5.97. The molecular weight excluding hydrogens is 258 g/mol. The van der Waals surface area contributed by atoms with Gasteiger partial charge in [0.05, 0.1) is 0 Å². The van der Waals surface area contributed by atoms with E-state index in [9.17, 15) is 0 Å². The molecule has 0 fully saturated rings. The van der Waals surface area contributed by atoms with Crippen molar-refractivity contribution in [3.63, 3.8) is 0 Å². The molecule has 2 aromatic heterocycles. The van der Waals surface area contributed by atoms with Gasteiger partial charge in [-0.25, -0.2) is 0 Å². The molecule has 2 heterocycles. The first-order valence-electron chi connectivity index (χ1n) is 7.01. The van der Waals surface area contributed by atoms with Crippen LogP contribution >= 0.6 is 0 Å². The number of para-hydroxylation sites is 1. The average molecular weight is 273 g/mol. The number of fused-ring (bicyclic) bond motifs is 5. The largest absolute Gasteiger partial charge is 0.456 e. The second-order valence-electron chi connectivity index (χ2n) is 5.22. The minimum Gasteiger partial charge on any atom is -0.456 e. The fraction of sp³-hybridized carbons (Fsp3) is 0.0526. The molecule has 0 atom stereocenters. The first-order valence-corrected chi connectivity index (χ1v) is 7.01. The fourth-order valence-corrected chi connectivity index (χ4v) is 3.03. The molecule has 0 radical (unpaired) electrons. The SMILES string of the molecule is C=C/C=C\c1c(C)[nH]c2ccc3oc4ccccc4c3c12. The maximum absolute atomic E-state index is 5.97. The summed E-state index contributed by atoms with van der Waals surface area (Å²) in [5.74, 6) is 0. The van der Waals surface area contributed by atoms with Gasteiger partial charge in [0.1, 0.15) is 11.2 Å². The number of aromatic amines is 1. The zero-order valence-electron chi connectivity index (χ0n) is 11.8. The van der Waals surface area contributed by atoms with Gasteiger partial charge in [0.25, 0.3) is 0 Å². The van der Waals surface area contributed by atoms with E-state index in [4.69, 9.17) is 4.42 Å². The monoisotopic (exact) mass is 273 g/mol. The van der Waals surface area contributed by atoms with Gasteiger partial charge in [0, 0.05) is 32.9 Å². The van der Waals surface area contributed by atoms with Crippen molar-refractivity contribution in [1.82, 2.24) is 4.98 Å². The molecule has 0 aliphatic carbocycles. The number of allylic oxidation sites excluding steroid dienone is 2. The molecule has 2 heteroatoms. The molecule has 21 heavy (non-hydrogen) atoms. The van der Waals surface area contributed by atoms with Crippen molar-refractivity contribution in [3.8, 4) is 0 Å². The van der Waals surface area contributed by atoms with Crippen LogP contribution in [0.3, 0.4) is 0 Å². The number of hydrogen-bond donors (Lipinski definition) is 1. The summed E-state index contributed by atoms with van der Waals surface area (Å²) < 4.78 is 5.97. The number of benzene rings is 2. The summed E-state index contributed by atoms with van der Waals surface area (Å²) in [6, 6.07) is 12.3. The molecule has 0 aliphatic heterocycles. The van der Waals surface area contributed by atoms with E-state index in [0.29, 0.717) is 0 Å². The van der Waals surface area contributed by atoms with Gasteiger partial charge in [0.2, 0.25) is 0 Å². The highest BCUT2D eigenvalue weighted by atomic mass is 16.3. The fourth-order valence-electron chi connectivity index (χ4n) is 3.03. The quantitative estimate of drug-likeness (QED) is 0.475. The highest BCUT2D eigenvalue weighted by molar-refractivity contribution is 6.20. The Kier molecular flexibility index (Phi) is 2.51. The van der Waals surface area contributed by atoms with Crippen LogP contribution in [0.4, 0.5) is 0 Å². The van der Waals surface area contributed by atoms with E-state index in [0.717, 1.165) is 27.8 Å². The highest BCUT2D eigenvalue weighted by Gasteiger charge is 2.14. The van der Waals surface area contributed by atoms with Gasteiger partial charge in [-0.05, 0) is 25.1 Å². The predicted octanol–water partition coefficient (Wildman–Crippen LogP) is 5.57. The normalized spacial score (nSPS) is 12.0. The Labute approximate surface area is 122 Å². The van der Waals surface area contributed by atoms with Gasteiger partial charge >= 0.3 is 0 Å². The van der Waals surface area contributed by atoms with Gasteiger partial charge in [-0.1, -0.05) is 43.0 Å². The Morgan fingerprint density at radius 1 is 1.05 bits per heavy atom. The lowest BCUT2D eigenvalue weighted by atomic mass is 10.0. The third-order valence-electron chi connectivity index (χ3n) is 3.94. The summed E-state index contributed by atoms with van der Waals surface area (Å²) in [4.78, 5) is 3.46. The predicted molar refractivity (Wildman–Crippen MR) is 89.5 cm³/mol. The summed E-state index contributed by atoms with van der Waals surface area (Å²) in [6.07, 6.45) is 5.87. The first kappa shape index (κ1) is 12.0. The lowest BCUT2D eigenvalue weighted by molar-refractivity contribution is 0.669. The number of H-pyrrole nitrogens is 1. The molecule has 2 aromatic carbocycles. The number of furan rings is 1. The van der Waals surface area contributed by atoms with Crippen molar-refractivity contribution in [2.75, 3.05) is 0 Å². The highest BCUT2D eigenvalue weighted by Crippen LogP contribution is 2.37. The molecule has 0 saturated heterocycles. The zero-order valence-corrected chi connectivity index (χ0v) is 11.8. The Hall–Kier alpha value is -2.74. The zero-order chi connectivity index (χ0) is 14.4. The summed E-state index contributed by atoms with van der Waals surface area (Å²) in [7, 11) is 0. The van der Waals surface area contributed by atoms with Crippen LogP contribution in [0, 0.1) is 6.92 Å². The molecule has 0 unspecified atom stereocenters. The smallest absolute Gasteiger partial charge is 0.136 e. The van der Waals surface area contributed by atoms with E-state index >= 15 is 0 Å². The lowest BCUT2D eigenvalue weighted by Gasteiger charge is -1.96. The molecule has 0 aliphatic rings. The third kappa shape index (κ3) is 1.66. The van der Waals surface area contributed by atoms with E-state index in [1.165, 1.54) is 16.3 Å².